The van der Waals surface area contributed by atoms with E-state index in [-0.39, 0.29) is 0 Å². The van der Waals surface area contributed by atoms with Crippen LogP contribution in [0.4, 0.5) is 5.69 Å². The molecular formula is C17H20N4. The number of fused-ring (bicyclic) bond motifs is 1. The van der Waals surface area contributed by atoms with Gasteiger partial charge in [0.25, 0.3) is 0 Å². The summed E-state index contributed by atoms with van der Waals surface area (Å²) in [6.45, 7) is 3.75. The molecule has 1 aliphatic heterocycles. The van der Waals surface area contributed by atoms with E-state index in [0.29, 0.717) is 6.54 Å². The fraction of sp³-hybridized carbons (Fsp3) is 0.294. The first-order chi connectivity index (χ1) is 10.3. The predicted octanol–water partition coefficient (Wildman–Crippen LogP) is 2.53. The van der Waals surface area contributed by atoms with Gasteiger partial charge in [0.05, 0.1) is 12.2 Å². The van der Waals surface area contributed by atoms with Gasteiger partial charge in [0.1, 0.15) is 0 Å². The molecule has 108 valence electrons. The molecule has 0 radical (unpaired) electrons. The van der Waals surface area contributed by atoms with Crippen molar-refractivity contribution in [2.75, 3.05) is 18.5 Å². The maximum atomic E-state index is 4.42. The molecule has 0 spiro atoms. The van der Waals surface area contributed by atoms with Crippen LogP contribution in [-0.4, -0.2) is 24.5 Å². The number of rotatable bonds is 2. The van der Waals surface area contributed by atoms with E-state index in [1.807, 2.05) is 19.3 Å². The SMILES string of the molecule is CN=C(NCc1ncccc1C)N1CCc2ccccc21. The van der Waals surface area contributed by atoms with Crippen LogP contribution in [0.15, 0.2) is 47.6 Å². The molecule has 3 rings (SSSR count). The highest BCUT2D eigenvalue weighted by atomic mass is 15.3. The first-order valence-electron chi connectivity index (χ1n) is 7.26. The van der Waals surface area contributed by atoms with Crippen LogP contribution in [0.2, 0.25) is 0 Å². The van der Waals surface area contributed by atoms with E-state index in [1.54, 1.807) is 0 Å². The quantitative estimate of drug-likeness (QED) is 0.679. The Hall–Kier alpha value is -2.36. The molecular weight excluding hydrogens is 260 g/mol. The number of guanidine groups is 1. The number of nitrogens with zero attached hydrogens (tertiary/aromatic N) is 3. The monoisotopic (exact) mass is 280 g/mol. The topological polar surface area (TPSA) is 40.5 Å². The minimum atomic E-state index is 0.692. The highest BCUT2D eigenvalue weighted by Gasteiger charge is 2.22. The molecule has 0 atom stereocenters. The van der Waals surface area contributed by atoms with Crippen molar-refractivity contribution in [1.82, 2.24) is 10.3 Å². The molecule has 0 bridgehead atoms. The largest absolute Gasteiger partial charge is 0.350 e. The van der Waals surface area contributed by atoms with Crippen molar-refractivity contribution in [2.45, 2.75) is 19.9 Å². The molecule has 2 heterocycles. The maximum absolute atomic E-state index is 4.42. The number of aromatic nitrogens is 1. The first kappa shape index (κ1) is 13.6. The molecule has 4 heteroatoms. The summed E-state index contributed by atoms with van der Waals surface area (Å²) in [5.74, 6) is 0.907. The Kier molecular flexibility index (Phi) is 3.86. The second-order valence-corrected chi connectivity index (χ2v) is 5.20. The van der Waals surface area contributed by atoms with Crippen molar-refractivity contribution < 1.29 is 0 Å². The number of para-hydroxylation sites is 1. The van der Waals surface area contributed by atoms with Gasteiger partial charge >= 0.3 is 0 Å². The minimum Gasteiger partial charge on any atom is -0.350 e. The van der Waals surface area contributed by atoms with E-state index in [0.717, 1.165) is 24.6 Å². The van der Waals surface area contributed by atoms with Crippen LogP contribution in [0.25, 0.3) is 0 Å². The van der Waals surface area contributed by atoms with E-state index in [4.69, 9.17) is 0 Å². The van der Waals surface area contributed by atoms with Gasteiger partial charge in [0.2, 0.25) is 0 Å². The lowest BCUT2D eigenvalue weighted by Gasteiger charge is -2.22. The molecule has 21 heavy (non-hydrogen) atoms. The fourth-order valence-corrected chi connectivity index (χ4v) is 2.72. The standard InChI is InChI=1S/C17H20N4/c1-13-6-5-10-19-15(13)12-20-17(18-2)21-11-9-14-7-3-4-8-16(14)21/h3-8,10H,9,11-12H2,1-2H3,(H,18,20). The third-order valence-corrected chi connectivity index (χ3v) is 3.89. The van der Waals surface area contributed by atoms with Crippen molar-refractivity contribution in [3.63, 3.8) is 0 Å². The van der Waals surface area contributed by atoms with Gasteiger partial charge in [-0.05, 0) is 36.6 Å². The molecule has 0 amide bonds. The van der Waals surface area contributed by atoms with Crippen molar-refractivity contribution in [1.29, 1.82) is 0 Å². The Morgan fingerprint density at radius 2 is 2.14 bits per heavy atom. The van der Waals surface area contributed by atoms with Gasteiger partial charge in [0, 0.05) is 25.5 Å². The van der Waals surface area contributed by atoms with Crippen LogP contribution in [-0.2, 0) is 13.0 Å². The summed E-state index contributed by atoms with van der Waals surface area (Å²) in [5, 5.41) is 3.42. The molecule has 2 aromatic rings. The Bertz CT molecular complexity index is 663. The van der Waals surface area contributed by atoms with E-state index in [2.05, 4.69) is 57.4 Å². The van der Waals surface area contributed by atoms with Gasteiger partial charge in [-0.1, -0.05) is 24.3 Å². The Labute approximate surface area is 125 Å². The summed E-state index contributed by atoms with van der Waals surface area (Å²) in [7, 11) is 1.83. The molecule has 4 nitrogen and oxygen atoms in total. The third-order valence-electron chi connectivity index (χ3n) is 3.89. The minimum absolute atomic E-state index is 0.692. The van der Waals surface area contributed by atoms with Crippen LogP contribution >= 0.6 is 0 Å². The number of nitrogens with one attached hydrogen (secondary N) is 1. The number of aryl methyl sites for hydroxylation is 1. The molecule has 0 unspecified atom stereocenters. The number of hydrogen-bond donors (Lipinski definition) is 1. The average molecular weight is 280 g/mol. The lowest BCUT2D eigenvalue weighted by molar-refractivity contribution is 0.832. The molecule has 0 aliphatic carbocycles. The summed E-state index contributed by atoms with van der Waals surface area (Å²) in [6, 6.07) is 12.6. The van der Waals surface area contributed by atoms with Crippen LogP contribution < -0.4 is 10.2 Å². The molecule has 1 aromatic carbocycles. The second kappa shape index (κ2) is 5.95. The lowest BCUT2D eigenvalue weighted by Crippen LogP contribution is -2.40. The Morgan fingerprint density at radius 1 is 1.29 bits per heavy atom. The summed E-state index contributed by atoms with van der Waals surface area (Å²) in [4.78, 5) is 11.1. The van der Waals surface area contributed by atoms with Crippen molar-refractivity contribution in [2.24, 2.45) is 4.99 Å². The van der Waals surface area contributed by atoms with Crippen molar-refractivity contribution >= 4 is 11.6 Å². The van der Waals surface area contributed by atoms with Crippen LogP contribution in [0.5, 0.6) is 0 Å². The van der Waals surface area contributed by atoms with Crippen LogP contribution in [0.3, 0.4) is 0 Å². The van der Waals surface area contributed by atoms with E-state index in [9.17, 15) is 0 Å². The van der Waals surface area contributed by atoms with Crippen LogP contribution in [0.1, 0.15) is 16.8 Å². The number of anilines is 1. The smallest absolute Gasteiger partial charge is 0.198 e. The van der Waals surface area contributed by atoms with Gasteiger partial charge in [-0.25, -0.2) is 0 Å². The van der Waals surface area contributed by atoms with Crippen molar-refractivity contribution in [3.8, 4) is 0 Å². The van der Waals surface area contributed by atoms with E-state index < -0.39 is 0 Å². The summed E-state index contributed by atoms with van der Waals surface area (Å²) >= 11 is 0. The highest BCUT2D eigenvalue weighted by molar-refractivity contribution is 5.97. The summed E-state index contributed by atoms with van der Waals surface area (Å²) in [6.07, 6.45) is 2.90. The molecule has 1 aromatic heterocycles. The zero-order chi connectivity index (χ0) is 14.7. The zero-order valence-electron chi connectivity index (χ0n) is 12.5. The van der Waals surface area contributed by atoms with Gasteiger partial charge in [-0.3, -0.25) is 9.98 Å². The lowest BCUT2D eigenvalue weighted by atomic mass is 10.2. The van der Waals surface area contributed by atoms with Gasteiger partial charge in [0.15, 0.2) is 5.96 Å². The molecule has 0 saturated heterocycles. The van der Waals surface area contributed by atoms with E-state index in [1.165, 1.54) is 16.8 Å². The fourth-order valence-electron chi connectivity index (χ4n) is 2.72. The number of benzene rings is 1. The van der Waals surface area contributed by atoms with Crippen molar-refractivity contribution in [3.05, 3.63) is 59.4 Å². The normalized spacial score (nSPS) is 14.2. The van der Waals surface area contributed by atoms with Gasteiger partial charge in [-0.2, -0.15) is 0 Å². The number of aliphatic imine (C=N–C) groups is 1. The highest BCUT2D eigenvalue weighted by Crippen LogP contribution is 2.27. The summed E-state index contributed by atoms with van der Waals surface area (Å²) < 4.78 is 0. The number of pyridine rings is 1. The molecule has 0 saturated carbocycles. The number of hydrogen-bond acceptors (Lipinski definition) is 2. The molecule has 0 fully saturated rings. The third kappa shape index (κ3) is 2.75. The zero-order valence-corrected chi connectivity index (χ0v) is 12.5. The Balaban J connectivity index is 1.74. The average Bonchev–Trinajstić information content (AvgIpc) is 2.94. The second-order valence-electron chi connectivity index (χ2n) is 5.20. The van der Waals surface area contributed by atoms with Gasteiger partial charge < -0.3 is 10.2 Å². The molecule has 1 aliphatic rings. The van der Waals surface area contributed by atoms with E-state index >= 15 is 0 Å². The van der Waals surface area contributed by atoms with Gasteiger partial charge in [-0.15, -0.1) is 0 Å². The maximum Gasteiger partial charge on any atom is 0.198 e. The predicted molar refractivity (Wildman–Crippen MR) is 86.7 cm³/mol. The first-order valence-corrected chi connectivity index (χ1v) is 7.26. The molecule has 1 N–H and O–H groups in total. The Morgan fingerprint density at radius 3 is 2.95 bits per heavy atom. The van der Waals surface area contributed by atoms with Crippen LogP contribution in [0, 0.1) is 6.92 Å². The summed E-state index contributed by atoms with van der Waals surface area (Å²) in [5.41, 5.74) is 4.89.